The Morgan fingerprint density at radius 2 is 1.85 bits per heavy atom. The third-order valence-electron chi connectivity index (χ3n) is 6.50. The molecule has 9 nitrogen and oxygen atoms in total. The van der Waals surface area contributed by atoms with Gasteiger partial charge in [0.1, 0.15) is 6.10 Å². The number of carbonyl (C=O) groups excluding carboxylic acids is 1. The van der Waals surface area contributed by atoms with Gasteiger partial charge in [-0.25, -0.2) is 4.79 Å². The maximum absolute atomic E-state index is 13.1. The highest BCUT2D eigenvalue weighted by atomic mass is 35.5. The molecule has 0 atom stereocenters. The first-order valence-corrected chi connectivity index (χ1v) is 13.2. The molecule has 206 valence electrons. The summed E-state index contributed by atoms with van der Waals surface area (Å²) in [6.45, 7) is 2.02. The van der Waals surface area contributed by atoms with Crippen LogP contribution in [0.2, 0.25) is 5.02 Å². The molecule has 0 saturated carbocycles. The van der Waals surface area contributed by atoms with Gasteiger partial charge in [0.15, 0.2) is 18.1 Å². The van der Waals surface area contributed by atoms with E-state index in [0.29, 0.717) is 45.6 Å². The maximum atomic E-state index is 13.1. The number of carboxylic acids is 1. The SMILES string of the molecule is CN1CCC(Oc2cccc(CNc3ccc(Cl)cc3C(=O)Nc3ccc(CN)cc3)c2OCC(=O)O)CC1. The molecule has 0 radical (unpaired) electrons. The lowest BCUT2D eigenvalue weighted by atomic mass is 10.1. The first-order valence-electron chi connectivity index (χ1n) is 12.8. The Morgan fingerprint density at radius 1 is 1.10 bits per heavy atom. The number of nitrogens with zero attached hydrogens (tertiary/aromatic N) is 1. The van der Waals surface area contributed by atoms with Crippen LogP contribution in [0.15, 0.2) is 60.7 Å². The summed E-state index contributed by atoms with van der Waals surface area (Å²) in [7, 11) is 2.08. The van der Waals surface area contributed by atoms with Gasteiger partial charge in [-0.15, -0.1) is 0 Å². The van der Waals surface area contributed by atoms with Crippen LogP contribution in [0.1, 0.15) is 34.3 Å². The van der Waals surface area contributed by atoms with Crippen LogP contribution < -0.4 is 25.8 Å². The number of ether oxygens (including phenoxy) is 2. The van der Waals surface area contributed by atoms with Crippen LogP contribution in [0.3, 0.4) is 0 Å². The minimum Gasteiger partial charge on any atom is -0.486 e. The molecule has 0 spiro atoms. The lowest BCUT2D eigenvalue weighted by molar-refractivity contribution is -0.139. The van der Waals surface area contributed by atoms with Gasteiger partial charge >= 0.3 is 5.97 Å². The molecule has 1 fully saturated rings. The minimum absolute atomic E-state index is 0.0158. The van der Waals surface area contributed by atoms with E-state index in [9.17, 15) is 14.7 Å². The number of nitrogens with one attached hydrogen (secondary N) is 2. The number of halogens is 1. The number of amides is 1. The highest BCUT2D eigenvalue weighted by Gasteiger charge is 2.22. The summed E-state index contributed by atoms with van der Waals surface area (Å²) < 4.78 is 11.9. The smallest absolute Gasteiger partial charge is 0.341 e. The highest BCUT2D eigenvalue weighted by molar-refractivity contribution is 6.31. The number of hydrogen-bond acceptors (Lipinski definition) is 7. The van der Waals surface area contributed by atoms with Crippen molar-refractivity contribution in [3.05, 3.63) is 82.4 Å². The van der Waals surface area contributed by atoms with Gasteiger partial charge in [0.05, 0.1) is 5.56 Å². The Bertz CT molecular complexity index is 1290. The predicted octanol–water partition coefficient (Wildman–Crippen LogP) is 4.60. The number of benzene rings is 3. The average molecular weight is 553 g/mol. The fourth-order valence-corrected chi connectivity index (χ4v) is 4.52. The van der Waals surface area contributed by atoms with Crippen LogP contribution in [0, 0.1) is 0 Å². The number of piperidine rings is 1. The molecule has 1 saturated heterocycles. The Morgan fingerprint density at radius 3 is 2.54 bits per heavy atom. The molecule has 1 aliphatic rings. The second kappa shape index (κ2) is 13.3. The van der Waals surface area contributed by atoms with Crippen molar-refractivity contribution in [3.8, 4) is 11.5 Å². The molecule has 1 amide bonds. The fraction of sp³-hybridized carbons (Fsp3) is 0.310. The van der Waals surface area contributed by atoms with E-state index in [1.165, 1.54) is 0 Å². The number of para-hydroxylation sites is 1. The number of hydrogen-bond donors (Lipinski definition) is 4. The van der Waals surface area contributed by atoms with Gasteiger partial charge in [-0.05, 0) is 61.9 Å². The van der Waals surface area contributed by atoms with Gasteiger partial charge in [-0.2, -0.15) is 0 Å². The second-order valence-corrected chi connectivity index (χ2v) is 9.88. The summed E-state index contributed by atoms with van der Waals surface area (Å²) in [5.41, 5.74) is 8.86. The van der Waals surface area contributed by atoms with E-state index in [2.05, 4.69) is 22.6 Å². The van der Waals surface area contributed by atoms with Gasteiger partial charge in [0.2, 0.25) is 0 Å². The first-order chi connectivity index (χ1) is 18.8. The predicted molar refractivity (Wildman–Crippen MR) is 152 cm³/mol. The number of aliphatic carboxylic acids is 1. The Balaban J connectivity index is 1.53. The summed E-state index contributed by atoms with van der Waals surface area (Å²) in [4.78, 5) is 26.7. The molecule has 3 aromatic carbocycles. The number of carbonyl (C=O) groups is 2. The van der Waals surface area contributed by atoms with Crippen molar-refractivity contribution in [1.82, 2.24) is 4.90 Å². The van der Waals surface area contributed by atoms with Crippen molar-refractivity contribution < 1.29 is 24.2 Å². The van der Waals surface area contributed by atoms with Crippen LogP contribution >= 0.6 is 11.6 Å². The van der Waals surface area contributed by atoms with Crippen LogP contribution in [0.25, 0.3) is 0 Å². The van der Waals surface area contributed by atoms with E-state index < -0.39 is 12.6 Å². The quantitative estimate of drug-likeness (QED) is 0.272. The van der Waals surface area contributed by atoms with E-state index in [4.69, 9.17) is 26.8 Å². The Kier molecular flexibility index (Phi) is 9.64. The minimum atomic E-state index is -1.08. The standard InChI is InChI=1S/C29H33ClN4O5/c1-34-13-11-23(12-14-34)39-26-4-2-3-20(28(26)38-18-27(35)36)17-32-25-10-7-21(30)15-24(25)29(37)33-22-8-5-19(16-31)6-9-22/h2-10,15,23,32H,11-14,16-18,31H2,1H3,(H,33,37)(H,35,36). The summed E-state index contributed by atoms with van der Waals surface area (Å²) in [6, 6.07) is 17.8. The van der Waals surface area contributed by atoms with Crippen LogP contribution in [-0.4, -0.2) is 54.7 Å². The molecule has 5 N–H and O–H groups in total. The van der Waals surface area contributed by atoms with Gasteiger partial charge in [0.25, 0.3) is 5.91 Å². The van der Waals surface area contributed by atoms with Gasteiger partial charge < -0.3 is 35.8 Å². The summed E-state index contributed by atoms with van der Waals surface area (Å²) in [5, 5.41) is 15.8. The van der Waals surface area contributed by atoms with Crippen molar-refractivity contribution >= 4 is 34.9 Å². The molecule has 4 rings (SSSR count). The fourth-order valence-electron chi connectivity index (χ4n) is 4.34. The zero-order chi connectivity index (χ0) is 27.8. The van der Waals surface area contributed by atoms with Crippen LogP contribution in [0.5, 0.6) is 11.5 Å². The summed E-state index contributed by atoms with van der Waals surface area (Å²) in [6.07, 6.45) is 1.76. The molecule has 1 aliphatic heterocycles. The second-order valence-electron chi connectivity index (χ2n) is 9.45. The topological polar surface area (TPSA) is 126 Å². The van der Waals surface area contributed by atoms with Crippen molar-refractivity contribution in [1.29, 1.82) is 0 Å². The zero-order valence-electron chi connectivity index (χ0n) is 21.8. The van der Waals surface area contributed by atoms with Gasteiger partial charge in [-0.3, -0.25) is 4.79 Å². The average Bonchev–Trinajstić information content (AvgIpc) is 2.93. The third kappa shape index (κ3) is 7.86. The van der Waals surface area contributed by atoms with Gasteiger partial charge in [0, 0.05) is 48.1 Å². The first kappa shape index (κ1) is 28.2. The molecular weight excluding hydrogens is 520 g/mol. The molecule has 0 aliphatic carbocycles. The number of rotatable bonds is 11. The largest absolute Gasteiger partial charge is 0.486 e. The lowest BCUT2D eigenvalue weighted by Gasteiger charge is -2.30. The number of carboxylic acid groups (broad SMARTS) is 1. The van der Waals surface area contributed by atoms with Crippen molar-refractivity contribution in [2.45, 2.75) is 32.0 Å². The molecule has 0 aromatic heterocycles. The van der Waals surface area contributed by atoms with E-state index in [0.717, 1.165) is 31.5 Å². The van der Waals surface area contributed by atoms with Crippen LogP contribution in [0.4, 0.5) is 11.4 Å². The molecule has 0 unspecified atom stereocenters. The third-order valence-corrected chi connectivity index (χ3v) is 6.74. The molecule has 0 bridgehead atoms. The Labute approximate surface area is 232 Å². The summed E-state index contributed by atoms with van der Waals surface area (Å²) in [5.74, 6) is -0.548. The molecular formula is C29H33ClN4O5. The number of nitrogens with two attached hydrogens (primary N) is 1. The zero-order valence-corrected chi connectivity index (χ0v) is 22.5. The van der Waals surface area contributed by atoms with E-state index >= 15 is 0 Å². The number of likely N-dealkylation sites (tertiary alicyclic amines) is 1. The normalized spacial score (nSPS) is 14.0. The molecule has 10 heteroatoms. The lowest BCUT2D eigenvalue weighted by Crippen LogP contribution is -2.35. The van der Waals surface area contributed by atoms with Crippen molar-refractivity contribution in [2.75, 3.05) is 37.4 Å². The van der Waals surface area contributed by atoms with E-state index in [1.54, 1.807) is 36.4 Å². The van der Waals surface area contributed by atoms with E-state index in [1.807, 2.05) is 24.3 Å². The number of anilines is 2. The molecule has 3 aromatic rings. The van der Waals surface area contributed by atoms with Gasteiger partial charge in [-0.1, -0.05) is 35.9 Å². The van der Waals surface area contributed by atoms with Crippen molar-refractivity contribution in [3.63, 3.8) is 0 Å². The maximum Gasteiger partial charge on any atom is 0.341 e. The summed E-state index contributed by atoms with van der Waals surface area (Å²) >= 11 is 6.22. The Hall–Kier alpha value is -3.79. The molecule has 1 heterocycles. The highest BCUT2D eigenvalue weighted by Crippen LogP contribution is 2.34. The van der Waals surface area contributed by atoms with E-state index in [-0.39, 0.29) is 18.6 Å². The van der Waals surface area contributed by atoms with Crippen molar-refractivity contribution in [2.24, 2.45) is 5.73 Å². The van der Waals surface area contributed by atoms with Crippen LogP contribution in [-0.2, 0) is 17.9 Å². The molecule has 39 heavy (non-hydrogen) atoms. The monoisotopic (exact) mass is 552 g/mol.